The normalized spacial score (nSPS) is 12.0. The van der Waals surface area contributed by atoms with Crippen molar-refractivity contribution in [3.63, 3.8) is 0 Å². The molecule has 2 amide bonds. The minimum absolute atomic E-state index is 0.270. The molecule has 0 saturated carbocycles. The monoisotopic (exact) mass is 316 g/mol. The molecule has 0 spiro atoms. The summed E-state index contributed by atoms with van der Waals surface area (Å²) in [5.74, 6) is 0. The minimum atomic E-state index is -0.417. The van der Waals surface area contributed by atoms with E-state index in [1.54, 1.807) is 6.92 Å². The van der Waals surface area contributed by atoms with Crippen LogP contribution in [0.2, 0.25) is 0 Å². The lowest BCUT2D eigenvalue weighted by atomic mass is 10.2. The topological polar surface area (TPSA) is 79.2 Å². The van der Waals surface area contributed by atoms with Gasteiger partial charge in [-0.2, -0.15) is 5.10 Å². The van der Waals surface area contributed by atoms with E-state index in [-0.39, 0.29) is 6.03 Å². The number of carbonyl (C=O) groups excluding carboxylic acids is 1. The number of benzene rings is 1. The lowest BCUT2D eigenvalue weighted by molar-refractivity contribution is 0.184. The van der Waals surface area contributed by atoms with Gasteiger partial charge in [0, 0.05) is 17.9 Å². The average Bonchev–Trinajstić information content (AvgIpc) is 2.76. The fraction of sp³-hybridized carbons (Fsp3) is 0.412. The highest BCUT2D eigenvalue weighted by Crippen LogP contribution is 2.13. The van der Waals surface area contributed by atoms with Gasteiger partial charge in [0.25, 0.3) is 0 Å². The summed E-state index contributed by atoms with van der Waals surface area (Å²) in [7, 11) is 0. The Kier molecular flexibility index (Phi) is 5.76. The molecule has 0 saturated heterocycles. The van der Waals surface area contributed by atoms with Gasteiger partial charge in [-0.3, -0.25) is 4.68 Å². The molecule has 0 aliphatic heterocycles. The van der Waals surface area contributed by atoms with Gasteiger partial charge in [-0.25, -0.2) is 4.79 Å². The van der Waals surface area contributed by atoms with E-state index in [9.17, 15) is 9.90 Å². The number of hydrogen-bond acceptors (Lipinski definition) is 3. The van der Waals surface area contributed by atoms with Crippen LogP contribution >= 0.6 is 0 Å². The van der Waals surface area contributed by atoms with E-state index < -0.39 is 6.10 Å². The molecule has 1 aromatic heterocycles. The van der Waals surface area contributed by atoms with E-state index in [4.69, 9.17) is 0 Å². The standard InChI is InChI=1S/C17H24N4O2/c1-12-9-13(2)21(20-12)11-15-5-4-6-16(10-15)19-17(23)18-8-7-14(3)22/h4-6,9-10,14,22H,7-8,11H2,1-3H3,(H2,18,19,23). The molecule has 3 N–H and O–H groups in total. The lowest BCUT2D eigenvalue weighted by Gasteiger charge is -2.10. The zero-order chi connectivity index (χ0) is 16.8. The van der Waals surface area contributed by atoms with Gasteiger partial charge >= 0.3 is 6.03 Å². The number of rotatable bonds is 6. The molecule has 0 fully saturated rings. The fourth-order valence-electron chi connectivity index (χ4n) is 2.33. The highest BCUT2D eigenvalue weighted by atomic mass is 16.3. The number of amides is 2. The largest absolute Gasteiger partial charge is 0.393 e. The fourth-order valence-corrected chi connectivity index (χ4v) is 2.33. The van der Waals surface area contributed by atoms with Crippen molar-refractivity contribution < 1.29 is 9.90 Å². The summed E-state index contributed by atoms with van der Waals surface area (Å²) >= 11 is 0. The predicted octanol–water partition coefficient (Wildman–Crippen LogP) is 2.44. The van der Waals surface area contributed by atoms with Crippen molar-refractivity contribution in [2.24, 2.45) is 0 Å². The molecule has 124 valence electrons. The summed E-state index contributed by atoms with van der Waals surface area (Å²) in [6.07, 6.45) is 0.116. The number of aromatic nitrogens is 2. The SMILES string of the molecule is Cc1cc(C)n(Cc2cccc(NC(=O)NCCC(C)O)c2)n1. The third-order valence-electron chi connectivity index (χ3n) is 3.47. The van der Waals surface area contributed by atoms with E-state index in [0.29, 0.717) is 19.5 Å². The third-order valence-corrected chi connectivity index (χ3v) is 3.47. The van der Waals surface area contributed by atoms with Gasteiger partial charge < -0.3 is 15.7 Å². The average molecular weight is 316 g/mol. The second kappa shape index (κ2) is 7.78. The molecule has 2 aromatic rings. The summed E-state index contributed by atoms with van der Waals surface area (Å²) in [6.45, 7) is 6.80. The van der Waals surface area contributed by atoms with E-state index in [2.05, 4.69) is 15.7 Å². The second-order valence-corrected chi connectivity index (χ2v) is 5.80. The van der Waals surface area contributed by atoms with Crippen molar-refractivity contribution in [3.05, 3.63) is 47.3 Å². The van der Waals surface area contributed by atoms with Gasteiger partial charge in [-0.05, 0) is 51.0 Å². The molecule has 0 aliphatic rings. The van der Waals surface area contributed by atoms with Gasteiger partial charge in [0.2, 0.25) is 0 Å². The van der Waals surface area contributed by atoms with Gasteiger partial charge in [0.15, 0.2) is 0 Å². The van der Waals surface area contributed by atoms with Crippen LogP contribution in [0.25, 0.3) is 0 Å². The van der Waals surface area contributed by atoms with Crippen LogP contribution in [0, 0.1) is 13.8 Å². The number of anilines is 1. The number of aliphatic hydroxyl groups excluding tert-OH is 1. The smallest absolute Gasteiger partial charge is 0.319 e. The molecule has 2 rings (SSSR count). The molecule has 6 nitrogen and oxygen atoms in total. The predicted molar refractivity (Wildman–Crippen MR) is 90.6 cm³/mol. The highest BCUT2D eigenvalue weighted by molar-refractivity contribution is 5.89. The summed E-state index contributed by atoms with van der Waals surface area (Å²) in [5, 5.41) is 19.1. The van der Waals surface area contributed by atoms with Gasteiger partial charge in [-0.1, -0.05) is 12.1 Å². The van der Waals surface area contributed by atoms with Crippen LogP contribution in [0.3, 0.4) is 0 Å². The minimum Gasteiger partial charge on any atom is -0.393 e. The number of nitrogens with zero attached hydrogens (tertiary/aromatic N) is 2. The first-order valence-electron chi connectivity index (χ1n) is 7.77. The van der Waals surface area contributed by atoms with Gasteiger partial charge in [0.05, 0.1) is 18.3 Å². The molecular weight excluding hydrogens is 292 g/mol. The van der Waals surface area contributed by atoms with Crippen molar-refractivity contribution >= 4 is 11.7 Å². The van der Waals surface area contributed by atoms with Crippen molar-refractivity contribution in [1.29, 1.82) is 0 Å². The number of urea groups is 1. The van der Waals surface area contributed by atoms with Crippen molar-refractivity contribution in [1.82, 2.24) is 15.1 Å². The molecule has 23 heavy (non-hydrogen) atoms. The van der Waals surface area contributed by atoms with Gasteiger partial charge in [-0.15, -0.1) is 0 Å². The Morgan fingerprint density at radius 2 is 2.13 bits per heavy atom. The van der Waals surface area contributed by atoms with E-state index in [1.165, 1.54) is 0 Å². The van der Waals surface area contributed by atoms with Crippen LogP contribution in [0.15, 0.2) is 30.3 Å². The lowest BCUT2D eigenvalue weighted by Crippen LogP contribution is -2.30. The summed E-state index contributed by atoms with van der Waals surface area (Å²) in [4.78, 5) is 11.8. The Labute approximate surface area is 136 Å². The molecule has 1 unspecified atom stereocenters. The third kappa shape index (κ3) is 5.41. The number of aryl methyl sites for hydroxylation is 2. The number of carbonyl (C=O) groups is 1. The Morgan fingerprint density at radius 1 is 1.35 bits per heavy atom. The Morgan fingerprint density at radius 3 is 2.78 bits per heavy atom. The van der Waals surface area contributed by atoms with Crippen LogP contribution in [0.4, 0.5) is 10.5 Å². The molecule has 1 heterocycles. The molecular formula is C17H24N4O2. The molecule has 1 atom stereocenters. The zero-order valence-electron chi connectivity index (χ0n) is 13.8. The van der Waals surface area contributed by atoms with Crippen LogP contribution in [0.1, 0.15) is 30.3 Å². The number of hydrogen-bond donors (Lipinski definition) is 3. The molecule has 0 radical (unpaired) electrons. The second-order valence-electron chi connectivity index (χ2n) is 5.80. The van der Waals surface area contributed by atoms with E-state index in [0.717, 1.165) is 22.6 Å². The van der Waals surface area contributed by atoms with Crippen LogP contribution < -0.4 is 10.6 Å². The van der Waals surface area contributed by atoms with Crippen molar-refractivity contribution in [3.8, 4) is 0 Å². The first-order chi connectivity index (χ1) is 10.9. The van der Waals surface area contributed by atoms with Crippen LogP contribution in [0.5, 0.6) is 0 Å². The maximum Gasteiger partial charge on any atom is 0.319 e. The first kappa shape index (κ1) is 17.0. The first-order valence-corrected chi connectivity index (χ1v) is 7.77. The Bertz CT molecular complexity index is 664. The summed E-state index contributed by atoms with van der Waals surface area (Å²) in [6, 6.07) is 9.47. The number of nitrogens with one attached hydrogen (secondary N) is 2. The molecule has 1 aromatic carbocycles. The van der Waals surface area contributed by atoms with Crippen molar-refractivity contribution in [2.45, 2.75) is 39.8 Å². The number of aliphatic hydroxyl groups is 1. The van der Waals surface area contributed by atoms with E-state index >= 15 is 0 Å². The maximum atomic E-state index is 11.8. The zero-order valence-corrected chi connectivity index (χ0v) is 13.8. The summed E-state index contributed by atoms with van der Waals surface area (Å²) in [5.41, 5.74) is 3.91. The van der Waals surface area contributed by atoms with Crippen LogP contribution in [-0.4, -0.2) is 33.6 Å². The Hall–Kier alpha value is -2.34. The Balaban J connectivity index is 1.94. The molecule has 0 aliphatic carbocycles. The van der Waals surface area contributed by atoms with Crippen molar-refractivity contribution in [2.75, 3.05) is 11.9 Å². The highest BCUT2D eigenvalue weighted by Gasteiger charge is 2.05. The molecule has 0 bridgehead atoms. The molecule has 6 heteroatoms. The summed E-state index contributed by atoms with van der Waals surface area (Å²) < 4.78 is 1.94. The van der Waals surface area contributed by atoms with Gasteiger partial charge in [0.1, 0.15) is 0 Å². The maximum absolute atomic E-state index is 11.8. The van der Waals surface area contributed by atoms with E-state index in [1.807, 2.05) is 48.9 Å². The van der Waals surface area contributed by atoms with Crippen LogP contribution in [-0.2, 0) is 6.54 Å². The quantitative estimate of drug-likeness (QED) is 0.766.